The number of aromatic nitrogens is 2. The average Bonchev–Trinajstić information content (AvgIpc) is 2.79. The number of hydrogen-bond donors (Lipinski definition) is 0. The fourth-order valence-electron chi connectivity index (χ4n) is 2.52. The fourth-order valence-corrected chi connectivity index (χ4v) is 3.40. The Morgan fingerprint density at radius 3 is 2.81 bits per heavy atom. The van der Waals surface area contributed by atoms with Crippen molar-refractivity contribution < 1.29 is 4.39 Å². The lowest BCUT2D eigenvalue weighted by Crippen LogP contribution is -2.05. The standard InChI is InChI=1S/C16H13ClFIN2/c1-10-3-2-4-13-16(10)21(15(20-13)7-8-17)14-6-5-11(18)9-12(14)19/h2-6,9H,7-8H2,1H3. The Morgan fingerprint density at radius 1 is 1.29 bits per heavy atom. The van der Waals surface area contributed by atoms with Gasteiger partial charge in [0.25, 0.3) is 0 Å². The number of imidazole rings is 1. The third-order valence-electron chi connectivity index (χ3n) is 3.42. The quantitative estimate of drug-likeness (QED) is 0.442. The molecule has 0 unspecified atom stereocenters. The molecule has 0 aliphatic carbocycles. The molecule has 0 aliphatic heterocycles. The van der Waals surface area contributed by atoms with Gasteiger partial charge in [-0.05, 0) is 59.3 Å². The van der Waals surface area contributed by atoms with Gasteiger partial charge in [0.15, 0.2) is 0 Å². The van der Waals surface area contributed by atoms with Crippen LogP contribution in [0.5, 0.6) is 0 Å². The van der Waals surface area contributed by atoms with Crippen molar-refractivity contribution in [1.82, 2.24) is 9.55 Å². The second-order valence-corrected chi connectivity index (χ2v) is 6.38. The average molecular weight is 415 g/mol. The fraction of sp³-hybridized carbons (Fsp3) is 0.188. The molecule has 2 aromatic carbocycles. The molecule has 0 amide bonds. The van der Waals surface area contributed by atoms with E-state index in [2.05, 4.69) is 45.1 Å². The van der Waals surface area contributed by atoms with Crippen LogP contribution in [0.2, 0.25) is 0 Å². The van der Waals surface area contributed by atoms with Crippen LogP contribution in [0.3, 0.4) is 0 Å². The van der Waals surface area contributed by atoms with Gasteiger partial charge in [-0.1, -0.05) is 12.1 Å². The molecule has 108 valence electrons. The summed E-state index contributed by atoms with van der Waals surface area (Å²) in [5.41, 5.74) is 4.08. The van der Waals surface area contributed by atoms with Crippen LogP contribution in [0, 0.1) is 16.3 Å². The van der Waals surface area contributed by atoms with Crippen LogP contribution < -0.4 is 0 Å². The molecule has 3 aromatic rings. The highest BCUT2D eigenvalue weighted by atomic mass is 127. The molecule has 1 aromatic heterocycles. The third kappa shape index (κ3) is 2.66. The minimum atomic E-state index is -0.233. The number of benzene rings is 2. The van der Waals surface area contributed by atoms with Gasteiger partial charge in [-0.25, -0.2) is 9.37 Å². The SMILES string of the molecule is Cc1cccc2nc(CCCl)n(-c3ccc(F)cc3I)c12. The van der Waals surface area contributed by atoms with E-state index in [0.29, 0.717) is 12.3 Å². The van der Waals surface area contributed by atoms with Gasteiger partial charge in [0.1, 0.15) is 11.6 Å². The van der Waals surface area contributed by atoms with Gasteiger partial charge in [0.05, 0.1) is 16.7 Å². The van der Waals surface area contributed by atoms with Gasteiger partial charge in [-0.15, -0.1) is 11.6 Å². The molecular formula is C16H13ClFIN2. The Hall–Kier alpha value is -1.14. The smallest absolute Gasteiger partial charge is 0.124 e. The lowest BCUT2D eigenvalue weighted by Gasteiger charge is -2.12. The molecule has 3 rings (SSSR count). The zero-order chi connectivity index (χ0) is 15.0. The number of fused-ring (bicyclic) bond motifs is 1. The summed E-state index contributed by atoms with van der Waals surface area (Å²) in [7, 11) is 0. The van der Waals surface area contributed by atoms with Crippen molar-refractivity contribution >= 4 is 45.2 Å². The summed E-state index contributed by atoms with van der Waals surface area (Å²) in [6, 6.07) is 10.8. The first-order valence-corrected chi connectivity index (χ1v) is 8.21. The molecule has 0 radical (unpaired) electrons. The van der Waals surface area contributed by atoms with Crippen molar-refractivity contribution in [2.24, 2.45) is 0 Å². The van der Waals surface area contributed by atoms with Gasteiger partial charge in [0.2, 0.25) is 0 Å². The first-order chi connectivity index (χ1) is 10.1. The van der Waals surface area contributed by atoms with E-state index in [9.17, 15) is 4.39 Å². The summed E-state index contributed by atoms with van der Waals surface area (Å²) in [6.45, 7) is 2.06. The maximum Gasteiger partial charge on any atom is 0.124 e. The van der Waals surface area contributed by atoms with E-state index in [4.69, 9.17) is 11.6 Å². The van der Waals surface area contributed by atoms with Gasteiger partial charge in [-0.3, -0.25) is 4.57 Å². The molecule has 0 saturated carbocycles. The summed E-state index contributed by atoms with van der Waals surface area (Å²) >= 11 is 8.07. The maximum absolute atomic E-state index is 13.4. The van der Waals surface area contributed by atoms with Crippen molar-refractivity contribution in [3.63, 3.8) is 0 Å². The molecule has 0 spiro atoms. The van der Waals surface area contributed by atoms with Crippen LogP contribution in [0.25, 0.3) is 16.7 Å². The molecular weight excluding hydrogens is 402 g/mol. The third-order valence-corrected chi connectivity index (χ3v) is 4.47. The second kappa shape index (κ2) is 5.93. The number of para-hydroxylation sites is 1. The molecule has 0 saturated heterocycles. The summed E-state index contributed by atoms with van der Waals surface area (Å²) in [4.78, 5) is 4.68. The number of nitrogens with zero attached hydrogens (tertiary/aromatic N) is 2. The number of alkyl halides is 1. The van der Waals surface area contributed by atoms with E-state index in [-0.39, 0.29) is 5.82 Å². The van der Waals surface area contributed by atoms with E-state index in [0.717, 1.165) is 31.7 Å². The minimum absolute atomic E-state index is 0.233. The topological polar surface area (TPSA) is 17.8 Å². The van der Waals surface area contributed by atoms with Crippen molar-refractivity contribution in [3.05, 3.63) is 57.2 Å². The predicted molar refractivity (Wildman–Crippen MR) is 92.9 cm³/mol. The number of rotatable bonds is 3. The molecule has 0 atom stereocenters. The molecule has 0 bridgehead atoms. The normalized spacial score (nSPS) is 11.2. The second-order valence-electron chi connectivity index (χ2n) is 4.84. The molecule has 0 aliphatic rings. The van der Waals surface area contributed by atoms with Crippen molar-refractivity contribution in [2.45, 2.75) is 13.3 Å². The van der Waals surface area contributed by atoms with Crippen LogP contribution in [0.4, 0.5) is 4.39 Å². The van der Waals surface area contributed by atoms with Crippen molar-refractivity contribution in [3.8, 4) is 5.69 Å². The Bertz CT molecular complexity index is 813. The Kier molecular flexibility index (Phi) is 4.17. The molecule has 0 fully saturated rings. The first kappa shape index (κ1) is 14.8. The van der Waals surface area contributed by atoms with Crippen LogP contribution in [0.15, 0.2) is 36.4 Å². The zero-order valence-electron chi connectivity index (χ0n) is 11.4. The highest BCUT2D eigenvalue weighted by Crippen LogP contribution is 2.28. The highest BCUT2D eigenvalue weighted by molar-refractivity contribution is 14.1. The van der Waals surface area contributed by atoms with E-state index >= 15 is 0 Å². The van der Waals surface area contributed by atoms with Gasteiger partial charge in [-0.2, -0.15) is 0 Å². The van der Waals surface area contributed by atoms with Crippen molar-refractivity contribution in [1.29, 1.82) is 0 Å². The number of halogens is 3. The van der Waals surface area contributed by atoms with E-state index in [1.165, 1.54) is 12.1 Å². The Labute approximate surface area is 141 Å². The molecule has 5 heteroatoms. The Balaban J connectivity index is 2.35. The van der Waals surface area contributed by atoms with Gasteiger partial charge < -0.3 is 0 Å². The van der Waals surface area contributed by atoms with Crippen LogP contribution in [-0.2, 0) is 6.42 Å². The number of aryl methyl sites for hydroxylation is 2. The van der Waals surface area contributed by atoms with Crippen molar-refractivity contribution in [2.75, 3.05) is 5.88 Å². The monoisotopic (exact) mass is 414 g/mol. The largest absolute Gasteiger partial charge is 0.295 e. The minimum Gasteiger partial charge on any atom is -0.295 e. The molecule has 2 nitrogen and oxygen atoms in total. The highest BCUT2D eigenvalue weighted by Gasteiger charge is 2.15. The zero-order valence-corrected chi connectivity index (χ0v) is 14.3. The summed E-state index contributed by atoms with van der Waals surface area (Å²) in [6.07, 6.45) is 0.670. The first-order valence-electron chi connectivity index (χ1n) is 6.60. The van der Waals surface area contributed by atoms with E-state index in [1.54, 1.807) is 6.07 Å². The lowest BCUT2D eigenvalue weighted by atomic mass is 10.2. The summed E-state index contributed by atoms with van der Waals surface area (Å²) in [5.74, 6) is 1.17. The molecule has 1 heterocycles. The van der Waals surface area contributed by atoms with E-state index < -0.39 is 0 Å². The molecule has 21 heavy (non-hydrogen) atoms. The Morgan fingerprint density at radius 2 is 2.10 bits per heavy atom. The summed E-state index contributed by atoms with van der Waals surface area (Å²) in [5, 5.41) is 0. The lowest BCUT2D eigenvalue weighted by molar-refractivity contribution is 0.626. The van der Waals surface area contributed by atoms with Crippen LogP contribution in [0.1, 0.15) is 11.4 Å². The van der Waals surface area contributed by atoms with Gasteiger partial charge >= 0.3 is 0 Å². The van der Waals surface area contributed by atoms with E-state index in [1.807, 2.05) is 12.1 Å². The van der Waals surface area contributed by atoms with Crippen LogP contribution in [-0.4, -0.2) is 15.4 Å². The molecule has 0 N–H and O–H groups in total. The number of hydrogen-bond acceptors (Lipinski definition) is 1. The maximum atomic E-state index is 13.4. The predicted octanol–water partition coefficient (Wildman–Crippen LogP) is 4.86. The van der Waals surface area contributed by atoms with Gasteiger partial charge in [0, 0.05) is 15.9 Å². The van der Waals surface area contributed by atoms with Crippen LogP contribution >= 0.6 is 34.2 Å². The summed E-state index contributed by atoms with van der Waals surface area (Å²) < 4.78 is 16.3.